The van der Waals surface area contributed by atoms with E-state index in [0.29, 0.717) is 12.5 Å². The predicted octanol–water partition coefficient (Wildman–Crippen LogP) is 3.10. The van der Waals surface area contributed by atoms with Crippen LogP contribution in [0.4, 0.5) is 11.8 Å². The second kappa shape index (κ2) is 8.12. The number of aromatic nitrogens is 4. The van der Waals surface area contributed by atoms with Gasteiger partial charge in [0.1, 0.15) is 12.1 Å². The molecule has 2 aromatic heterocycles. The topological polar surface area (TPSA) is 83.9 Å². The zero-order chi connectivity index (χ0) is 19.3. The van der Waals surface area contributed by atoms with E-state index in [0.717, 1.165) is 42.2 Å². The second-order valence-corrected chi connectivity index (χ2v) is 6.92. The molecule has 7 heteroatoms. The first kappa shape index (κ1) is 18.0. The number of nitrogens with zero attached hydrogens (tertiary/aromatic N) is 5. The van der Waals surface area contributed by atoms with E-state index >= 15 is 0 Å². The molecule has 1 aliphatic heterocycles. The van der Waals surface area contributed by atoms with Crippen LogP contribution in [0.25, 0.3) is 11.3 Å². The number of anilines is 2. The highest BCUT2D eigenvalue weighted by Gasteiger charge is 2.27. The van der Waals surface area contributed by atoms with Crippen molar-refractivity contribution in [3.63, 3.8) is 0 Å². The summed E-state index contributed by atoms with van der Waals surface area (Å²) >= 11 is 0. The molecule has 1 fully saturated rings. The Kier molecular flexibility index (Phi) is 5.23. The van der Waals surface area contributed by atoms with Gasteiger partial charge in [-0.3, -0.25) is 10.1 Å². The lowest BCUT2D eigenvalue weighted by Gasteiger charge is -2.32. The van der Waals surface area contributed by atoms with Crippen molar-refractivity contribution in [2.24, 2.45) is 5.92 Å². The van der Waals surface area contributed by atoms with Crippen molar-refractivity contribution >= 4 is 17.7 Å². The molecule has 1 amide bonds. The maximum absolute atomic E-state index is 12.7. The first-order chi connectivity index (χ1) is 13.7. The highest BCUT2D eigenvalue weighted by Crippen LogP contribution is 2.25. The Hall–Kier alpha value is -3.35. The van der Waals surface area contributed by atoms with Crippen LogP contribution in [0.5, 0.6) is 0 Å². The summed E-state index contributed by atoms with van der Waals surface area (Å²) in [6.07, 6.45) is 5.00. The Morgan fingerprint density at radius 2 is 2.00 bits per heavy atom. The average molecular weight is 374 g/mol. The van der Waals surface area contributed by atoms with Crippen LogP contribution in [-0.4, -0.2) is 38.9 Å². The summed E-state index contributed by atoms with van der Waals surface area (Å²) in [6, 6.07) is 13.8. The molecule has 1 aliphatic rings. The van der Waals surface area contributed by atoms with Gasteiger partial charge in [0, 0.05) is 36.6 Å². The highest BCUT2D eigenvalue weighted by atomic mass is 16.2. The Bertz CT molecular complexity index is 962. The lowest BCUT2D eigenvalue weighted by Crippen LogP contribution is -2.41. The first-order valence-corrected chi connectivity index (χ1v) is 9.42. The number of rotatable bonds is 4. The quantitative estimate of drug-likeness (QED) is 0.755. The Balaban J connectivity index is 1.47. The molecule has 3 heterocycles. The van der Waals surface area contributed by atoms with E-state index in [1.807, 2.05) is 43.3 Å². The average Bonchev–Trinajstić information content (AvgIpc) is 2.74. The molecule has 1 unspecified atom stereocenters. The molecule has 0 aliphatic carbocycles. The van der Waals surface area contributed by atoms with Crippen molar-refractivity contribution in [1.29, 1.82) is 0 Å². The van der Waals surface area contributed by atoms with Gasteiger partial charge in [-0.05, 0) is 25.8 Å². The van der Waals surface area contributed by atoms with Gasteiger partial charge in [0.05, 0.1) is 11.6 Å². The van der Waals surface area contributed by atoms with Crippen molar-refractivity contribution in [1.82, 2.24) is 19.9 Å². The van der Waals surface area contributed by atoms with E-state index in [-0.39, 0.29) is 11.8 Å². The maximum atomic E-state index is 12.7. The van der Waals surface area contributed by atoms with Crippen molar-refractivity contribution < 1.29 is 4.79 Å². The van der Waals surface area contributed by atoms with E-state index in [1.165, 1.54) is 0 Å². The monoisotopic (exact) mass is 374 g/mol. The van der Waals surface area contributed by atoms with Gasteiger partial charge in [0.15, 0.2) is 0 Å². The normalized spacial score (nSPS) is 16.6. The molecule has 1 N–H and O–H groups in total. The minimum absolute atomic E-state index is 0.0485. The van der Waals surface area contributed by atoms with Crippen LogP contribution >= 0.6 is 0 Å². The van der Waals surface area contributed by atoms with Crippen LogP contribution in [0.3, 0.4) is 0 Å². The summed E-state index contributed by atoms with van der Waals surface area (Å²) in [6.45, 7) is 3.36. The number of piperidine rings is 1. The number of hydrogen-bond acceptors (Lipinski definition) is 6. The SMILES string of the molecule is Cc1ccnc(NC(=O)C2CCCN(c3cc(-c4ccccc4)ncn3)C2)n1. The molecule has 1 aromatic carbocycles. The molecule has 3 aromatic rings. The molecule has 0 spiro atoms. The first-order valence-electron chi connectivity index (χ1n) is 9.42. The molecule has 4 rings (SSSR count). The number of nitrogens with one attached hydrogen (secondary N) is 1. The number of hydrogen-bond donors (Lipinski definition) is 1. The van der Waals surface area contributed by atoms with Gasteiger partial charge in [-0.1, -0.05) is 30.3 Å². The Labute approximate surface area is 163 Å². The van der Waals surface area contributed by atoms with Gasteiger partial charge >= 0.3 is 0 Å². The fourth-order valence-corrected chi connectivity index (χ4v) is 3.41. The lowest BCUT2D eigenvalue weighted by atomic mass is 9.97. The van der Waals surface area contributed by atoms with Gasteiger partial charge in [-0.2, -0.15) is 0 Å². The molecule has 7 nitrogen and oxygen atoms in total. The zero-order valence-corrected chi connectivity index (χ0v) is 15.7. The van der Waals surface area contributed by atoms with Crippen LogP contribution in [-0.2, 0) is 4.79 Å². The van der Waals surface area contributed by atoms with Crippen LogP contribution < -0.4 is 10.2 Å². The summed E-state index contributed by atoms with van der Waals surface area (Å²) in [5, 5.41) is 2.84. The fraction of sp³-hybridized carbons (Fsp3) is 0.286. The molecular formula is C21H22N6O. The summed E-state index contributed by atoms with van der Waals surface area (Å²) in [4.78, 5) is 32.0. The van der Waals surface area contributed by atoms with Crippen molar-refractivity contribution in [3.05, 3.63) is 60.7 Å². The molecule has 1 atom stereocenters. The third kappa shape index (κ3) is 4.14. The standard InChI is InChI=1S/C21H22N6O/c1-15-9-10-22-21(25-15)26-20(28)17-8-5-11-27(13-17)19-12-18(23-14-24-19)16-6-3-2-4-7-16/h2-4,6-7,9-10,12,14,17H,5,8,11,13H2,1H3,(H,22,25,26,28). The molecule has 0 saturated carbocycles. The minimum Gasteiger partial charge on any atom is -0.356 e. The minimum atomic E-state index is -0.131. The van der Waals surface area contributed by atoms with E-state index in [2.05, 4.69) is 30.2 Å². The second-order valence-electron chi connectivity index (χ2n) is 6.92. The highest BCUT2D eigenvalue weighted by molar-refractivity contribution is 5.91. The lowest BCUT2D eigenvalue weighted by molar-refractivity contribution is -0.120. The van der Waals surface area contributed by atoms with Crippen molar-refractivity contribution in [2.45, 2.75) is 19.8 Å². The van der Waals surface area contributed by atoms with Crippen LogP contribution in [0, 0.1) is 12.8 Å². The van der Waals surface area contributed by atoms with Crippen molar-refractivity contribution in [3.8, 4) is 11.3 Å². The maximum Gasteiger partial charge on any atom is 0.231 e. The summed E-state index contributed by atoms with van der Waals surface area (Å²) < 4.78 is 0. The van der Waals surface area contributed by atoms with E-state index in [1.54, 1.807) is 18.6 Å². The number of aryl methyl sites for hydroxylation is 1. The zero-order valence-electron chi connectivity index (χ0n) is 15.7. The van der Waals surface area contributed by atoms with Gasteiger partial charge in [0.2, 0.25) is 11.9 Å². The van der Waals surface area contributed by atoms with Gasteiger partial charge in [0.25, 0.3) is 0 Å². The van der Waals surface area contributed by atoms with E-state index < -0.39 is 0 Å². The fourth-order valence-electron chi connectivity index (χ4n) is 3.41. The van der Waals surface area contributed by atoms with E-state index in [4.69, 9.17) is 0 Å². The number of carbonyl (C=O) groups is 1. The van der Waals surface area contributed by atoms with Crippen LogP contribution in [0.15, 0.2) is 55.0 Å². The van der Waals surface area contributed by atoms with Crippen LogP contribution in [0.2, 0.25) is 0 Å². The number of amides is 1. The third-order valence-electron chi connectivity index (χ3n) is 4.87. The molecule has 28 heavy (non-hydrogen) atoms. The Morgan fingerprint density at radius 1 is 1.14 bits per heavy atom. The summed E-state index contributed by atoms with van der Waals surface area (Å²) in [5.41, 5.74) is 2.75. The van der Waals surface area contributed by atoms with Gasteiger partial charge in [-0.15, -0.1) is 0 Å². The molecule has 1 saturated heterocycles. The largest absolute Gasteiger partial charge is 0.356 e. The van der Waals surface area contributed by atoms with Crippen molar-refractivity contribution in [2.75, 3.05) is 23.3 Å². The number of benzene rings is 1. The molecular weight excluding hydrogens is 352 g/mol. The molecule has 0 bridgehead atoms. The van der Waals surface area contributed by atoms with Gasteiger partial charge < -0.3 is 4.90 Å². The summed E-state index contributed by atoms with van der Waals surface area (Å²) in [5.74, 6) is 1.02. The predicted molar refractivity (Wildman–Crippen MR) is 108 cm³/mol. The van der Waals surface area contributed by atoms with E-state index in [9.17, 15) is 4.79 Å². The Morgan fingerprint density at radius 3 is 2.82 bits per heavy atom. The smallest absolute Gasteiger partial charge is 0.231 e. The molecule has 0 radical (unpaired) electrons. The van der Waals surface area contributed by atoms with Crippen LogP contribution in [0.1, 0.15) is 18.5 Å². The molecule has 142 valence electrons. The third-order valence-corrected chi connectivity index (χ3v) is 4.87. The summed E-state index contributed by atoms with van der Waals surface area (Å²) in [7, 11) is 0. The van der Waals surface area contributed by atoms with Gasteiger partial charge in [-0.25, -0.2) is 19.9 Å². The number of carbonyl (C=O) groups excluding carboxylic acids is 1.